The molecule has 0 fully saturated rings. The van der Waals surface area contributed by atoms with Gasteiger partial charge in [-0.3, -0.25) is 4.79 Å². The first kappa shape index (κ1) is 15.6. The molecule has 5 nitrogen and oxygen atoms in total. The van der Waals surface area contributed by atoms with Crippen molar-refractivity contribution in [1.82, 2.24) is 15.1 Å². The fraction of sp³-hybridized carbons (Fsp3) is 0.400. The Morgan fingerprint density at radius 1 is 1.19 bits per heavy atom. The summed E-state index contributed by atoms with van der Waals surface area (Å²) < 4.78 is 5.65. The Labute approximate surface area is 128 Å². The minimum atomic E-state index is -0.257. The molecular formula is C15H19N3O2S. The molecule has 6 heteroatoms. The lowest BCUT2D eigenvalue weighted by Crippen LogP contribution is -2.29. The fourth-order valence-corrected chi connectivity index (χ4v) is 2.87. The normalized spacial score (nSPS) is 12.2. The van der Waals surface area contributed by atoms with Crippen LogP contribution in [0.1, 0.15) is 18.1 Å². The van der Waals surface area contributed by atoms with Gasteiger partial charge in [-0.2, -0.15) is 0 Å². The van der Waals surface area contributed by atoms with Crippen molar-refractivity contribution in [3.8, 4) is 11.5 Å². The van der Waals surface area contributed by atoms with Crippen molar-refractivity contribution in [3.63, 3.8) is 0 Å². The first-order valence-corrected chi connectivity index (χ1v) is 7.55. The SMILES string of the molecule is Cc1cc(C)cc(-c2nnc(S[C@@H](C)C(=O)N(C)C)o2)c1. The zero-order chi connectivity index (χ0) is 15.6. The van der Waals surface area contributed by atoms with Crippen molar-refractivity contribution in [2.45, 2.75) is 31.2 Å². The average Bonchev–Trinajstić information content (AvgIpc) is 2.85. The van der Waals surface area contributed by atoms with E-state index < -0.39 is 0 Å². The second-order valence-electron chi connectivity index (χ2n) is 5.24. The maximum atomic E-state index is 11.8. The van der Waals surface area contributed by atoms with E-state index in [0.29, 0.717) is 11.1 Å². The molecule has 0 aliphatic rings. The molecule has 2 aromatic rings. The molecular weight excluding hydrogens is 286 g/mol. The van der Waals surface area contributed by atoms with E-state index in [0.717, 1.165) is 16.7 Å². The Balaban J connectivity index is 2.16. The van der Waals surface area contributed by atoms with Crippen molar-refractivity contribution in [2.24, 2.45) is 0 Å². The summed E-state index contributed by atoms with van der Waals surface area (Å²) in [5, 5.41) is 8.22. The van der Waals surface area contributed by atoms with Crippen molar-refractivity contribution >= 4 is 17.7 Å². The lowest BCUT2D eigenvalue weighted by Gasteiger charge is -2.14. The smallest absolute Gasteiger partial charge is 0.277 e. The van der Waals surface area contributed by atoms with Gasteiger partial charge in [0.2, 0.25) is 11.8 Å². The molecule has 0 unspecified atom stereocenters. The van der Waals surface area contributed by atoms with E-state index in [9.17, 15) is 4.79 Å². The van der Waals surface area contributed by atoms with E-state index in [4.69, 9.17) is 4.42 Å². The molecule has 1 aromatic heterocycles. The number of benzene rings is 1. The number of rotatable bonds is 4. The highest BCUT2D eigenvalue weighted by molar-refractivity contribution is 8.00. The van der Waals surface area contributed by atoms with Crippen molar-refractivity contribution < 1.29 is 9.21 Å². The predicted octanol–water partition coefficient (Wildman–Crippen LogP) is 2.92. The van der Waals surface area contributed by atoms with Crippen LogP contribution in [0.15, 0.2) is 27.8 Å². The van der Waals surface area contributed by atoms with Crippen LogP contribution in [0.5, 0.6) is 0 Å². The summed E-state index contributed by atoms with van der Waals surface area (Å²) in [6.07, 6.45) is 0. The molecule has 21 heavy (non-hydrogen) atoms. The van der Waals surface area contributed by atoms with Gasteiger partial charge in [0.05, 0.1) is 5.25 Å². The maximum absolute atomic E-state index is 11.8. The van der Waals surface area contributed by atoms with Gasteiger partial charge in [0.25, 0.3) is 5.22 Å². The molecule has 112 valence electrons. The minimum Gasteiger partial charge on any atom is -0.411 e. The quantitative estimate of drug-likeness (QED) is 0.813. The van der Waals surface area contributed by atoms with Gasteiger partial charge in [-0.25, -0.2) is 0 Å². The summed E-state index contributed by atoms with van der Waals surface area (Å²) in [5.41, 5.74) is 3.19. The minimum absolute atomic E-state index is 0.0196. The average molecular weight is 305 g/mol. The maximum Gasteiger partial charge on any atom is 0.277 e. The van der Waals surface area contributed by atoms with Gasteiger partial charge in [-0.1, -0.05) is 29.0 Å². The fourth-order valence-electron chi connectivity index (χ4n) is 2.04. The van der Waals surface area contributed by atoms with E-state index in [2.05, 4.69) is 16.3 Å². The summed E-state index contributed by atoms with van der Waals surface area (Å²) in [6.45, 7) is 5.88. The standard InChI is InChI=1S/C15H19N3O2S/c1-9-6-10(2)8-12(7-9)13-16-17-15(20-13)21-11(3)14(19)18(4)5/h6-8,11H,1-5H3/t11-/m0/s1. The summed E-state index contributed by atoms with van der Waals surface area (Å²) in [7, 11) is 3.46. The Bertz CT molecular complexity index is 632. The summed E-state index contributed by atoms with van der Waals surface area (Å²) in [6, 6.07) is 6.10. The van der Waals surface area contributed by atoms with Crippen LogP contribution in [0.4, 0.5) is 0 Å². The first-order chi connectivity index (χ1) is 9.86. The zero-order valence-electron chi connectivity index (χ0n) is 12.9. The van der Waals surface area contributed by atoms with Crippen LogP contribution in [-0.4, -0.2) is 40.3 Å². The summed E-state index contributed by atoms with van der Waals surface area (Å²) in [4.78, 5) is 13.4. The predicted molar refractivity (Wildman–Crippen MR) is 83.2 cm³/mol. The highest BCUT2D eigenvalue weighted by Gasteiger charge is 2.20. The Hall–Kier alpha value is -1.82. The van der Waals surface area contributed by atoms with Crippen LogP contribution in [0.25, 0.3) is 11.5 Å². The number of aryl methyl sites for hydroxylation is 2. The van der Waals surface area contributed by atoms with E-state index in [1.807, 2.05) is 32.9 Å². The number of carbonyl (C=O) groups excluding carboxylic acids is 1. The molecule has 1 aromatic carbocycles. The molecule has 0 aliphatic heterocycles. The third-order valence-electron chi connectivity index (χ3n) is 2.94. The lowest BCUT2D eigenvalue weighted by atomic mass is 10.1. The molecule has 1 amide bonds. The van der Waals surface area contributed by atoms with Gasteiger partial charge in [0, 0.05) is 19.7 Å². The second-order valence-corrected chi connectivity index (χ2v) is 6.53. The lowest BCUT2D eigenvalue weighted by molar-refractivity contribution is -0.127. The molecule has 0 saturated carbocycles. The molecule has 1 heterocycles. The number of nitrogens with zero attached hydrogens (tertiary/aromatic N) is 3. The highest BCUT2D eigenvalue weighted by Crippen LogP contribution is 2.27. The second kappa shape index (κ2) is 6.30. The van der Waals surface area contributed by atoms with Crippen LogP contribution in [0.2, 0.25) is 0 Å². The van der Waals surface area contributed by atoms with Gasteiger partial charge in [-0.05, 0) is 32.9 Å². The summed E-state index contributed by atoms with van der Waals surface area (Å²) in [5.74, 6) is 0.500. The van der Waals surface area contributed by atoms with Crippen molar-refractivity contribution in [2.75, 3.05) is 14.1 Å². The van der Waals surface area contributed by atoms with Crippen LogP contribution >= 0.6 is 11.8 Å². The van der Waals surface area contributed by atoms with E-state index >= 15 is 0 Å². The molecule has 1 atom stereocenters. The summed E-state index contributed by atoms with van der Waals surface area (Å²) >= 11 is 1.27. The van der Waals surface area contributed by atoms with Gasteiger partial charge in [0.15, 0.2) is 0 Å². The van der Waals surface area contributed by atoms with Crippen LogP contribution < -0.4 is 0 Å². The third kappa shape index (κ3) is 3.85. The zero-order valence-corrected chi connectivity index (χ0v) is 13.7. The molecule has 0 spiro atoms. The number of hydrogen-bond acceptors (Lipinski definition) is 5. The molecule has 2 rings (SSSR count). The number of carbonyl (C=O) groups is 1. The largest absolute Gasteiger partial charge is 0.411 e. The highest BCUT2D eigenvalue weighted by atomic mass is 32.2. The number of hydrogen-bond donors (Lipinski definition) is 0. The third-order valence-corrected chi connectivity index (χ3v) is 3.86. The first-order valence-electron chi connectivity index (χ1n) is 6.67. The number of thioether (sulfide) groups is 1. The number of aromatic nitrogens is 2. The molecule has 0 aliphatic carbocycles. The van der Waals surface area contributed by atoms with E-state index in [1.54, 1.807) is 19.0 Å². The van der Waals surface area contributed by atoms with Gasteiger partial charge in [0.1, 0.15) is 0 Å². The Morgan fingerprint density at radius 2 is 1.81 bits per heavy atom. The van der Waals surface area contributed by atoms with Gasteiger partial charge in [-0.15, -0.1) is 10.2 Å². The molecule has 0 N–H and O–H groups in total. The number of amides is 1. The van der Waals surface area contributed by atoms with Gasteiger partial charge < -0.3 is 9.32 Å². The molecule has 0 radical (unpaired) electrons. The molecule has 0 bridgehead atoms. The van der Waals surface area contributed by atoms with Crippen LogP contribution in [0, 0.1) is 13.8 Å². The Morgan fingerprint density at radius 3 is 2.38 bits per heavy atom. The van der Waals surface area contributed by atoms with E-state index in [-0.39, 0.29) is 11.2 Å². The van der Waals surface area contributed by atoms with Crippen LogP contribution in [-0.2, 0) is 4.79 Å². The monoisotopic (exact) mass is 305 g/mol. The molecule has 0 saturated heterocycles. The van der Waals surface area contributed by atoms with Crippen molar-refractivity contribution in [1.29, 1.82) is 0 Å². The van der Waals surface area contributed by atoms with Crippen molar-refractivity contribution in [3.05, 3.63) is 29.3 Å². The van der Waals surface area contributed by atoms with Gasteiger partial charge >= 0.3 is 0 Å². The topological polar surface area (TPSA) is 59.2 Å². The Kier molecular flexibility index (Phi) is 4.67. The van der Waals surface area contributed by atoms with E-state index in [1.165, 1.54) is 11.8 Å². The van der Waals surface area contributed by atoms with Crippen LogP contribution in [0.3, 0.4) is 0 Å².